The van der Waals surface area contributed by atoms with Crippen LogP contribution in [0.1, 0.15) is 44.9 Å². The lowest BCUT2D eigenvalue weighted by molar-refractivity contribution is 0.109. The zero-order valence-electron chi connectivity index (χ0n) is 12.3. The van der Waals surface area contributed by atoms with Gasteiger partial charge in [0.2, 0.25) is 0 Å². The molecule has 0 saturated carbocycles. The van der Waals surface area contributed by atoms with Crippen molar-refractivity contribution in [1.82, 2.24) is 14.7 Å². The summed E-state index contributed by atoms with van der Waals surface area (Å²) in [7, 11) is 0. The topological polar surface area (TPSA) is 9.72 Å². The Hall–Kier alpha value is -0.120. The van der Waals surface area contributed by atoms with Crippen LogP contribution in [0.25, 0.3) is 0 Å². The van der Waals surface area contributed by atoms with Gasteiger partial charge in [0, 0.05) is 31.2 Å². The van der Waals surface area contributed by atoms with E-state index in [9.17, 15) is 0 Å². The number of piperidine rings is 1. The van der Waals surface area contributed by atoms with E-state index in [-0.39, 0.29) is 0 Å². The second-order valence-corrected chi connectivity index (χ2v) is 7.14. The molecule has 4 saturated heterocycles. The van der Waals surface area contributed by atoms with Gasteiger partial charge in [-0.3, -0.25) is 14.7 Å². The second kappa shape index (κ2) is 5.34. The maximum absolute atomic E-state index is 2.89. The first kappa shape index (κ1) is 12.6. The standard InChI is InChI=1S/C16H29N3/c1-2-8-17-10-4-11-19(13-14(17)5-1)16-7-12-18-9-3-6-15(16)18/h14-16H,1-13H2. The summed E-state index contributed by atoms with van der Waals surface area (Å²) in [6, 6.07) is 2.69. The van der Waals surface area contributed by atoms with Crippen LogP contribution in [0.2, 0.25) is 0 Å². The fourth-order valence-electron chi connectivity index (χ4n) is 5.18. The third-order valence-corrected chi connectivity index (χ3v) is 6.12. The molecule has 3 heteroatoms. The van der Waals surface area contributed by atoms with Gasteiger partial charge in [-0.15, -0.1) is 0 Å². The molecule has 4 aliphatic rings. The Kier molecular flexibility index (Phi) is 3.55. The average Bonchev–Trinajstić information content (AvgIpc) is 2.96. The zero-order valence-corrected chi connectivity index (χ0v) is 12.3. The molecule has 0 spiro atoms. The molecule has 0 bridgehead atoms. The molecular weight excluding hydrogens is 234 g/mol. The van der Waals surface area contributed by atoms with E-state index in [0.29, 0.717) is 0 Å². The van der Waals surface area contributed by atoms with Gasteiger partial charge in [-0.25, -0.2) is 0 Å². The van der Waals surface area contributed by atoms with E-state index in [2.05, 4.69) is 14.7 Å². The minimum absolute atomic E-state index is 0.881. The van der Waals surface area contributed by atoms with Gasteiger partial charge in [0.25, 0.3) is 0 Å². The molecular formula is C16H29N3. The van der Waals surface area contributed by atoms with Crippen molar-refractivity contribution in [3.05, 3.63) is 0 Å². The van der Waals surface area contributed by atoms with Gasteiger partial charge in [0.15, 0.2) is 0 Å². The van der Waals surface area contributed by atoms with Crippen LogP contribution in [0.15, 0.2) is 0 Å². The maximum Gasteiger partial charge on any atom is 0.0264 e. The van der Waals surface area contributed by atoms with Gasteiger partial charge in [-0.2, -0.15) is 0 Å². The molecule has 3 atom stereocenters. The summed E-state index contributed by atoms with van der Waals surface area (Å²) < 4.78 is 0. The molecule has 0 aromatic carbocycles. The van der Waals surface area contributed by atoms with Crippen LogP contribution in [0.4, 0.5) is 0 Å². The largest absolute Gasteiger partial charge is 0.299 e. The lowest BCUT2D eigenvalue weighted by atomic mass is 10.00. The van der Waals surface area contributed by atoms with E-state index in [0.717, 1.165) is 18.1 Å². The van der Waals surface area contributed by atoms with Crippen LogP contribution >= 0.6 is 0 Å². The van der Waals surface area contributed by atoms with Gasteiger partial charge >= 0.3 is 0 Å². The predicted molar refractivity (Wildman–Crippen MR) is 78.4 cm³/mol. The van der Waals surface area contributed by atoms with Gasteiger partial charge < -0.3 is 0 Å². The van der Waals surface area contributed by atoms with Crippen molar-refractivity contribution in [2.24, 2.45) is 0 Å². The second-order valence-electron chi connectivity index (χ2n) is 7.14. The van der Waals surface area contributed by atoms with Gasteiger partial charge in [0.05, 0.1) is 0 Å². The minimum Gasteiger partial charge on any atom is -0.299 e. The quantitative estimate of drug-likeness (QED) is 0.714. The summed E-state index contributed by atoms with van der Waals surface area (Å²) in [6.07, 6.45) is 10.1. The molecule has 4 aliphatic heterocycles. The van der Waals surface area contributed by atoms with E-state index in [4.69, 9.17) is 0 Å². The summed E-state index contributed by atoms with van der Waals surface area (Å²) >= 11 is 0. The summed E-state index contributed by atoms with van der Waals surface area (Å²) in [5.41, 5.74) is 0. The van der Waals surface area contributed by atoms with Crippen LogP contribution in [-0.2, 0) is 0 Å². The van der Waals surface area contributed by atoms with Crippen molar-refractivity contribution in [3.63, 3.8) is 0 Å². The highest BCUT2D eigenvalue weighted by Crippen LogP contribution is 2.33. The summed E-state index contributed by atoms with van der Waals surface area (Å²) in [6.45, 7) is 8.22. The Morgan fingerprint density at radius 3 is 2.32 bits per heavy atom. The first-order valence-corrected chi connectivity index (χ1v) is 8.64. The molecule has 0 aliphatic carbocycles. The molecule has 108 valence electrons. The molecule has 0 aromatic heterocycles. The predicted octanol–water partition coefficient (Wildman–Crippen LogP) is 1.78. The highest BCUT2D eigenvalue weighted by Gasteiger charge is 2.41. The molecule has 0 radical (unpaired) electrons. The van der Waals surface area contributed by atoms with Crippen molar-refractivity contribution in [2.45, 2.75) is 63.1 Å². The van der Waals surface area contributed by atoms with Crippen LogP contribution in [0.5, 0.6) is 0 Å². The molecule has 4 heterocycles. The highest BCUT2D eigenvalue weighted by atomic mass is 15.3. The van der Waals surface area contributed by atoms with Crippen LogP contribution in [0.3, 0.4) is 0 Å². The molecule has 4 rings (SSSR count). The molecule has 4 fully saturated rings. The monoisotopic (exact) mass is 263 g/mol. The van der Waals surface area contributed by atoms with Gasteiger partial charge in [-0.05, 0) is 64.7 Å². The number of fused-ring (bicyclic) bond motifs is 2. The van der Waals surface area contributed by atoms with Crippen molar-refractivity contribution in [1.29, 1.82) is 0 Å². The Morgan fingerprint density at radius 1 is 0.526 bits per heavy atom. The minimum atomic E-state index is 0.881. The molecule has 3 unspecified atom stereocenters. The third kappa shape index (κ3) is 2.34. The first-order chi connectivity index (χ1) is 9.42. The molecule has 0 amide bonds. The lowest BCUT2D eigenvalue weighted by Crippen LogP contribution is -2.49. The summed E-state index contributed by atoms with van der Waals surface area (Å²) in [4.78, 5) is 8.46. The Morgan fingerprint density at radius 2 is 1.32 bits per heavy atom. The number of hydrogen-bond acceptors (Lipinski definition) is 3. The number of rotatable bonds is 1. The van der Waals surface area contributed by atoms with Gasteiger partial charge in [0.1, 0.15) is 0 Å². The third-order valence-electron chi connectivity index (χ3n) is 6.12. The zero-order chi connectivity index (χ0) is 12.7. The van der Waals surface area contributed by atoms with Crippen molar-refractivity contribution < 1.29 is 0 Å². The fourth-order valence-corrected chi connectivity index (χ4v) is 5.18. The number of nitrogens with zero attached hydrogens (tertiary/aromatic N) is 3. The first-order valence-electron chi connectivity index (χ1n) is 8.64. The summed E-state index contributed by atoms with van der Waals surface area (Å²) in [5.74, 6) is 0. The fraction of sp³-hybridized carbons (Fsp3) is 1.00. The normalized spacial score (nSPS) is 42.0. The molecule has 0 N–H and O–H groups in total. The van der Waals surface area contributed by atoms with Crippen LogP contribution < -0.4 is 0 Å². The molecule has 19 heavy (non-hydrogen) atoms. The van der Waals surface area contributed by atoms with Crippen LogP contribution in [-0.4, -0.2) is 72.1 Å². The van der Waals surface area contributed by atoms with E-state index in [1.54, 1.807) is 0 Å². The molecule has 3 nitrogen and oxygen atoms in total. The van der Waals surface area contributed by atoms with Crippen molar-refractivity contribution >= 4 is 0 Å². The molecule has 0 aromatic rings. The van der Waals surface area contributed by atoms with E-state index in [1.807, 2.05) is 0 Å². The Balaban J connectivity index is 1.45. The average molecular weight is 263 g/mol. The number of hydrogen-bond donors (Lipinski definition) is 0. The Bertz CT molecular complexity index is 319. The van der Waals surface area contributed by atoms with E-state index >= 15 is 0 Å². The Labute approximate surface area is 117 Å². The lowest BCUT2D eigenvalue weighted by Gasteiger charge is -2.38. The van der Waals surface area contributed by atoms with E-state index in [1.165, 1.54) is 84.2 Å². The SMILES string of the molecule is C1CCN2CCCN(C3CCN4CCCC34)CC2C1. The van der Waals surface area contributed by atoms with Crippen LogP contribution in [0, 0.1) is 0 Å². The highest BCUT2D eigenvalue weighted by molar-refractivity contribution is 4.98. The van der Waals surface area contributed by atoms with Crippen molar-refractivity contribution in [2.75, 3.05) is 39.3 Å². The smallest absolute Gasteiger partial charge is 0.0264 e. The van der Waals surface area contributed by atoms with Gasteiger partial charge in [-0.1, -0.05) is 6.42 Å². The van der Waals surface area contributed by atoms with Crippen molar-refractivity contribution in [3.8, 4) is 0 Å². The summed E-state index contributed by atoms with van der Waals surface area (Å²) in [5, 5.41) is 0. The van der Waals surface area contributed by atoms with E-state index < -0.39 is 0 Å². The maximum atomic E-state index is 2.89.